The van der Waals surface area contributed by atoms with E-state index in [-0.39, 0.29) is 0 Å². The lowest BCUT2D eigenvalue weighted by Crippen LogP contribution is -2.42. The summed E-state index contributed by atoms with van der Waals surface area (Å²) in [4.78, 5) is 4.73. The third kappa shape index (κ3) is 3.52. The van der Waals surface area contributed by atoms with Crippen molar-refractivity contribution < 1.29 is 0 Å². The van der Waals surface area contributed by atoms with Gasteiger partial charge in [0.15, 0.2) is 0 Å². The molecule has 0 saturated carbocycles. The zero-order valence-electron chi connectivity index (χ0n) is 8.29. The van der Waals surface area contributed by atoms with Crippen LogP contribution in [0.5, 0.6) is 0 Å². The number of likely N-dealkylation sites (tertiary alicyclic amines) is 1. The SMILES string of the molecule is CN(C)CCN1CCC(N)CC1. The summed E-state index contributed by atoms with van der Waals surface area (Å²) in [6, 6.07) is 0.459. The van der Waals surface area contributed by atoms with Gasteiger partial charge in [-0.1, -0.05) is 0 Å². The van der Waals surface area contributed by atoms with Crippen molar-refractivity contribution in [2.75, 3.05) is 40.3 Å². The number of hydrogen-bond donors (Lipinski definition) is 1. The Labute approximate surface area is 75.5 Å². The normalized spacial score (nSPS) is 22.0. The van der Waals surface area contributed by atoms with Crippen LogP contribution >= 0.6 is 0 Å². The molecule has 0 aromatic carbocycles. The van der Waals surface area contributed by atoms with Crippen LogP contribution in [0.3, 0.4) is 0 Å². The van der Waals surface area contributed by atoms with Crippen LogP contribution in [-0.4, -0.2) is 56.1 Å². The first-order valence-corrected chi connectivity index (χ1v) is 4.81. The van der Waals surface area contributed by atoms with Crippen LogP contribution in [0, 0.1) is 0 Å². The Hall–Kier alpha value is -0.120. The minimum Gasteiger partial charge on any atom is -0.328 e. The van der Waals surface area contributed by atoms with E-state index in [2.05, 4.69) is 23.9 Å². The molecule has 1 heterocycles. The average Bonchev–Trinajstić information content (AvgIpc) is 2.03. The molecule has 0 aliphatic carbocycles. The second-order valence-corrected chi connectivity index (χ2v) is 3.98. The average molecular weight is 171 g/mol. The minimum atomic E-state index is 0.459. The highest BCUT2D eigenvalue weighted by Gasteiger charge is 2.14. The molecule has 0 atom stereocenters. The summed E-state index contributed by atoms with van der Waals surface area (Å²) in [5.74, 6) is 0. The molecule has 0 aromatic rings. The molecule has 1 saturated heterocycles. The van der Waals surface area contributed by atoms with Crippen LogP contribution < -0.4 is 5.73 Å². The number of piperidine rings is 1. The van der Waals surface area contributed by atoms with Crippen LogP contribution in [0.2, 0.25) is 0 Å². The smallest absolute Gasteiger partial charge is 0.0109 e. The number of hydrogen-bond acceptors (Lipinski definition) is 3. The monoisotopic (exact) mass is 171 g/mol. The van der Waals surface area contributed by atoms with Crippen LogP contribution in [0.15, 0.2) is 0 Å². The van der Waals surface area contributed by atoms with Crippen LogP contribution in [0.25, 0.3) is 0 Å². The second kappa shape index (κ2) is 4.80. The molecule has 0 spiro atoms. The van der Waals surface area contributed by atoms with Crippen LogP contribution in [0.1, 0.15) is 12.8 Å². The molecule has 12 heavy (non-hydrogen) atoms. The van der Waals surface area contributed by atoms with E-state index < -0.39 is 0 Å². The molecule has 72 valence electrons. The van der Waals surface area contributed by atoms with Crippen molar-refractivity contribution in [3.8, 4) is 0 Å². The predicted octanol–water partition coefficient (Wildman–Crippen LogP) is -0.0289. The third-order valence-corrected chi connectivity index (χ3v) is 2.50. The lowest BCUT2D eigenvalue weighted by molar-refractivity contribution is 0.194. The van der Waals surface area contributed by atoms with Crippen LogP contribution in [-0.2, 0) is 0 Å². The molecule has 3 heteroatoms. The summed E-state index contributed by atoms with van der Waals surface area (Å²) in [5.41, 5.74) is 5.82. The zero-order chi connectivity index (χ0) is 8.97. The molecule has 0 unspecified atom stereocenters. The van der Waals surface area contributed by atoms with E-state index in [1.165, 1.54) is 32.5 Å². The van der Waals surface area contributed by atoms with E-state index in [0.29, 0.717) is 6.04 Å². The minimum absolute atomic E-state index is 0.459. The van der Waals surface area contributed by atoms with Crippen molar-refractivity contribution in [3.63, 3.8) is 0 Å². The molecule has 1 rings (SSSR count). The van der Waals surface area contributed by atoms with Gasteiger partial charge in [0.1, 0.15) is 0 Å². The van der Waals surface area contributed by atoms with E-state index >= 15 is 0 Å². The summed E-state index contributed by atoms with van der Waals surface area (Å²) in [5, 5.41) is 0. The standard InChI is InChI=1S/C9H21N3/c1-11(2)7-8-12-5-3-9(10)4-6-12/h9H,3-8,10H2,1-2H3. The Bertz CT molecular complexity index is 117. The van der Waals surface area contributed by atoms with Gasteiger partial charge in [-0.2, -0.15) is 0 Å². The Morgan fingerprint density at radius 1 is 1.33 bits per heavy atom. The van der Waals surface area contributed by atoms with E-state index in [1.807, 2.05) is 0 Å². The fourth-order valence-corrected chi connectivity index (χ4v) is 1.52. The zero-order valence-corrected chi connectivity index (χ0v) is 8.29. The number of likely N-dealkylation sites (N-methyl/N-ethyl adjacent to an activating group) is 1. The summed E-state index contributed by atoms with van der Waals surface area (Å²) < 4.78 is 0. The van der Waals surface area contributed by atoms with E-state index in [0.717, 1.165) is 6.54 Å². The van der Waals surface area contributed by atoms with Gasteiger partial charge in [0.25, 0.3) is 0 Å². The van der Waals surface area contributed by atoms with Crippen LogP contribution in [0.4, 0.5) is 0 Å². The molecular weight excluding hydrogens is 150 g/mol. The van der Waals surface area contributed by atoms with Gasteiger partial charge < -0.3 is 15.5 Å². The number of nitrogens with two attached hydrogens (primary N) is 1. The summed E-state index contributed by atoms with van der Waals surface area (Å²) in [6.07, 6.45) is 2.35. The van der Waals surface area contributed by atoms with Crippen molar-refractivity contribution in [2.24, 2.45) is 5.73 Å². The van der Waals surface area contributed by atoms with Crippen molar-refractivity contribution >= 4 is 0 Å². The summed E-state index contributed by atoms with van der Waals surface area (Å²) >= 11 is 0. The van der Waals surface area contributed by atoms with Gasteiger partial charge in [-0.3, -0.25) is 0 Å². The predicted molar refractivity (Wildman–Crippen MR) is 52.2 cm³/mol. The molecule has 0 amide bonds. The van der Waals surface area contributed by atoms with E-state index in [1.54, 1.807) is 0 Å². The molecule has 1 aliphatic rings. The molecule has 0 bridgehead atoms. The highest BCUT2D eigenvalue weighted by Crippen LogP contribution is 2.07. The number of nitrogens with zero attached hydrogens (tertiary/aromatic N) is 2. The first-order valence-electron chi connectivity index (χ1n) is 4.81. The van der Waals surface area contributed by atoms with Gasteiger partial charge in [-0.25, -0.2) is 0 Å². The molecule has 2 N–H and O–H groups in total. The Morgan fingerprint density at radius 2 is 1.92 bits per heavy atom. The maximum Gasteiger partial charge on any atom is 0.0109 e. The summed E-state index contributed by atoms with van der Waals surface area (Å²) in [6.45, 7) is 4.74. The fraction of sp³-hybridized carbons (Fsp3) is 1.00. The van der Waals surface area contributed by atoms with Gasteiger partial charge >= 0.3 is 0 Å². The molecule has 0 radical (unpaired) electrons. The van der Waals surface area contributed by atoms with Crippen molar-refractivity contribution in [1.82, 2.24) is 9.80 Å². The first-order chi connectivity index (χ1) is 5.68. The molecule has 1 fully saturated rings. The van der Waals surface area contributed by atoms with E-state index in [9.17, 15) is 0 Å². The molecule has 1 aliphatic heterocycles. The van der Waals surface area contributed by atoms with Gasteiger partial charge in [-0.15, -0.1) is 0 Å². The fourth-order valence-electron chi connectivity index (χ4n) is 1.52. The second-order valence-electron chi connectivity index (χ2n) is 3.98. The lowest BCUT2D eigenvalue weighted by Gasteiger charge is -2.30. The quantitative estimate of drug-likeness (QED) is 0.647. The van der Waals surface area contributed by atoms with Gasteiger partial charge in [-0.05, 0) is 40.0 Å². The topological polar surface area (TPSA) is 32.5 Å². The summed E-state index contributed by atoms with van der Waals surface area (Å²) in [7, 11) is 4.24. The van der Waals surface area contributed by atoms with E-state index in [4.69, 9.17) is 5.73 Å². The Balaban J connectivity index is 2.09. The molecule has 0 aromatic heterocycles. The maximum absolute atomic E-state index is 5.82. The highest BCUT2D eigenvalue weighted by atomic mass is 15.2. The number of rotatable bonds is 3. The third-order valence-electron chi connectivity index (χ3n) is 2.50. The largest absolute Gasteiger partial charge is 0.328 e. The van der Waals surface area contributed by atoms with Gasteiger partial charge in [0.05, 0.1) is 0 Å². The van der Waals surface area contributed by atoms with Gasteiger partial charge in [0.2, 0.25) is 0 Å². The molecular formula is C9H21N3. The van der Waals surface area contributed by atoms with Crippen molar-refractivity contribution in [3.05, 3.63) is 0 Å². The lowest BCUT2D eigenvalue weighted by atomic mass is 10.1. The Kier molecular flexibility index (Phi) is 3.98. The van der Waals surface area contributed by atoms with Crippen molar-refractivity contribution in [2.45, 2.75) is 18.9 Å². The maximum atomic E-state index is 5.82. The molecule has 3 nitrogen and oxygen atoms in total. The first kappa shape index (κ1) is 9.96. The van der Waals surface area contributed by atoms with Crippen molar-refractivity contribution in [1.29, 1.82) is 0 Å². The highest BCUT2D eigenvalue weighted by molar-refractivity contribution is 4.74. The van der Waals surface area contributed by atoms with Gasteiger partial charge in [0, 0.05) is 19.1 Å². The Morgan fingerprint density at radius 3 is 2.42 bits per heavy atom.